The Morgan fingerprint density at radius 2 is 1.53 bits per heavy atom. The highest BCUT2D eigenvalue weighted by Gasteiger charge is 2.45. The van der Waals surface area contributed by atoms with Gasteiger partial charge >= 0.3 is 6.09 Å². The highest BCUT2D eigenvalue weighted by molar-refractivity contribution is 5.70. The number of hydrogen-bond donors (Lipinski definition) is 2. The largest absolute Gasteiger partial charge is 0.444 e. The van der Waals surface area contributed by atoms with Crippen molar-refractivity contribution in [1.82, 2.24) is 34.7 Å². The van der Waals surface area contributed by atoms with Crippen molar-refractivity contribution in [3.63, 3.8) is 0 Å². The third-order valence-electron chi connectivity index (χ3n) is 9.39. The van der Waals surface area contributed by atoms with Crippen molar-refractivity contribution in [2.45, 2.75) is 83.0 Å². The predicted octanol–water partition coefficient (Wildman–Crippen LogP) is 7.15. The lowest BCUT2D eigenvalue weighted by molar-refractivity contribution is 0.00854. The van der Waals surface area contributed by atoms with Crippen molar-refractivity contribution in [1.29, 1.82) is 0 Å². The van der Waals surface area contributed by atoms with Crippen LogP contribution in [0.25, 0.3) is 33.8 Å². The Hall–Kier alpha value is -3.98. The Morgan fingerprint density at radius 1 is 0.837 bits per heavy atom. The second-order valence-electron chi connectivity index (χ2n) is 13.4. The average Bonchev–Trinajstić information content (AvgIpc) is 3.82. The molecule has 1 saturated carbocycles. The van der Waals surface area contributed by atoms with Crippen molar-refractivity contribution < 1.29 is 9.53 Å². The summed E-state index contributed by atoms with van der Waals surface area (Å²) in [6.45, 7) is 6.37. The van der Waals surface area contributed by atoms with E-state index in [9.17, 15) is 4.79 Å². The van der Waals surface area contributed by atoms with E-state index in [2.05, 4.69) is 63.3 Å². The first kappa shape index (κ1) is 27.8. The Kier molecular flexibility index (Phi) is 7.08. The fourth-order valence-electron chi connectivity index (χ4n) is 7.21. The maximum Gasteiger partial charge on any atom is 0.410 e. The molecule has 224 valence electrons. The first-order valence-corrected chi connectivity index (χ1v) is 15.6. The van der Waals surface area contributed by atoms with Gasteiger partial charge in [0.25, 0.3) is 0 Å². The van der Waals surface area contributed by atoms with E-state index in [1.165, 1.54) is 19.3 Å². The van der Waals surface area contributed by atoms with Crippen LogP contribution in [-0.2, 0) is 4.74 Å². The Morgan fingerprint density at radius 3 is 2.23 bits per heavy atom. The fraction of sp³-hybridized carbons (Fsp3) is 0.471. The highest BCUT2D eigenvalue weighted by atomic mass is 16.6. The van der Waals surface area contributed by atoms with Gasteiger partial charge < -0.3 is 14.7 Å². The number of carbonyl (C=O) groups is 1. The number of likely N-dealkylation sites (tertiary alicyclic amines) is 2. The summed E-state index contributed by atoms with van der Waals surface area (Å²) in [5.74, 6) is 2.59. The number of piperidine rings is 2. The lowest BCUT2D eigenvalue weighted by Gasteiger charge is -2.35. The molecule has 4 atom stereocenters. The minimum Gasteiger partial charge on any atom is -0.444 e. The number of nitrogens with one attached hydrogen (secondary N) is 2. The number of amides is 1. The van der Waals surface area contributed by atoms with Gasteiger partial charge in [-0.05, 0) is 90.0 Å². The smallest absolute Gasteiger partial charge is 0.410 e. The van der Waals surface area contributed by atoms with Crippen LogP contribution in [0.4, 0.5) is 4.79 Å². The molecule has 43 heavy (non-hydrogen) atoms. The molecule has 2 bridgehead atoms. The first-order valence-electron chi connectivity index (χ1n) is 15.6. The van der Waals surface area contributed by atoms with Gasteiger partial charge in [-0.1, -0.05) is 24.3 Å². The molecule has 3 aromatic heterocycles. The molecule has 2 aliphatic heterocycles. The molecule has 3 unspecified atom stereocenters. The monoisotopic (exact) mass is 579 g/mol. The molecule has 1 aliphatic carbocycles. The molecule has 5 heterocycles. The summed E-state index contributed by atoms with van der Waals surface area (Å²) >= 11 is 0. The SMILES string of the molecule is CN1C2CCC(C2)C1c1ncc(-c2ccc(-c3ccc(-c4cnc([C@@H]5CCCCN5C(=O)OC(C)(C)C)[nH]4)cc3)nc2)[nH]1. The topological polar surface area (TPSA) is 103 Å². The van der Waals surface area contributed by atoms with Gasteiger partial charge in [0.2, 0.25) is 0 Å². The number of carbonyl (C=O) groups excluding carboxylic acids is 1. The van der Waals surface area contributed by atoms with Gasteiger partial charge in [0.1, 0.15) is 17.2 Å². The van der Waals surface area contributed by atoms with Gasteiger partial charge in [0.15, 0.2) is 0 Å². The predicted molar refractivity (Wildman–Crippen MR) is 166 cm³/mol. The normalized spacial score (nSPS) is 24.0. The van der Waals surface area contributed by atoms with E-state index in [1.54, 1.807) is 0 Å². The molecular weight excluding hydrogens is 538 g/mol. The Labute approximate surface area is 253 Å². The third-order valence-corrected chi connectivity index (χ3v) is 9.39. The number of fused-ring (bicyclic) bond motifs is 2. The molecule has 2 saturated heterocycles. The van der Waals surface area contributed by atoms with Crippen molar-refractivity contribution in [3.05, 3.63) is 66.6 Å². The van der Waals surface area contributed by atoms with Gasteiger partial charge in [0, 0.05) is 29.9 Å². The summed E-state index contributed by atoms with van der Waals surface area (Å²) in [7, 11) is 2.24. The highest BCUT2D eigenvalue weighted by Crippen LogP contribution is 2.48. The molecule has 7 rings (SSSR count). The minimum atomic E-state index is -0.529. The molecule has 2 N–H and O–H groups in total. The third kappa shape index (κ3) is 5.46. The lowest BCUT2D eigenvalue weighted by atomic mass is 9.98. The first-order chi connectivity index (χ1) is 20.7. The van der Waals surface area contributed by atoms with E-state index in [1.807, 2.05) is 44.3 Å². The molecule has 3 aliphatic rings. The molecule has 0 radical (unpaired) electrons. The van der Waals surface area contributed by atoms with Gasteiger partial charge in [-0.3, -0.25) is 14.8 Å². The molecule has 1 amide bonds. The fourth-order valence-corrected chi connectivity index (χ4v) is 7.21. The molecule has 1 aromatic carbocycles. The van der Waals surface area contributed by atoms with E-state index >= 15 is 0 Å². The quantitative estimate of drug-likeness (QED) is 0.260. The van der Waals surface area contributed by atoms with E-state index < -0.39 is 5.60 Å². The van der Waals surface area contributed by atoms with Crippen LogP contribution in [0.2, 0.25) is 0 Å². The van der Waals surface area contributed by atoms with Crippen LogP contribution >= 0.6 is 0 Å². The number of benzene rings is 1. The van der Waals surface area contributed by atoms with Gasteiger partial charge in [0.05, 0.1) is 41.6 Å². The summed E-state index contributed by atoms with van der Waals surface area (Å²) in [5.41, 5.74) is 5.46. The van der Waals surface area contributed by atoms with Crippen molar-refractivity contribution in [2.24, 2.45) is 5.92 Å². The summed E-state index contributed by atoms with van der Waals surface area (Å²) < 4.78 is 5.68. The van der Waals surface area contributed by atoms with Crippen molar-refractivity contribution in [3.8, 4) is 33.8 Å². The number of ether oxygens (including phenoxy) is 1. The summed E-state index contributed by atoms with van der Waals surface area (Å²) in [6, 6.07) is 13.5. The number of hydrogen-bond acceptors (Lipinski definition) is 6. The number of H-pyrrole nitrogens is 2. The van der Waals surface area contributed by atoms with Crippen LogP contribution in [0.5, 0.6) is 0 Å². The van der Waals surface area contributed by atoms with Crippen LogP contribution in [0.3, 0.4) is 0 Å². The summed E-state index contributed by atoms with van der Waals surface area (Å²) in [4.78, 5) is 38.5. The van der Waals surface area contributed by atoms with Crippen molar-refractivity contribution in [2.75, 3.05) is 13.6 Å². The maximum atomic E-state index is 12.9. The Balaban J connectivity index is 1.03. The molecule has 9 nitrogen and oxygen atoms in total. The van der Waals surface area contributed by atoms with Gasteiger partial charge in [-0.2, -0.15) is 0 Å². The van der Waals surface area contributed by atoms with E-state index in [0.717, 1.165) is 64.7 Å². The van der Waals surface area contributed by atoms with E-state index in [-0.39, 0.29) is 12.1 Å². The number of rotatable bonds is 5. The van der Waals surface area contributed by atoms with Gasteiger partial charge in [-0.15, -0.1) is 0 Å². The van der Waals surface area contributed by atoms with E-state index in [0.29, 0.717) is 24.5 Å². The zero-order valence-corrected chi connectivity index (χ0v) is 25.5. The van der Waals surface area contributed by atoms with Gasteiger partial charge in [-0.25, -0.2) is 14.8 Å². The zero-order valence-electron chi connectivity index (χ0n) is 25.5. The standard InChI is InChI=1S/C34H41N7O2/c1-34(2,3)43-33(42)41-16-6-5-7-29(41)31-36-19-27(38-31)22-10-8-21(9-11-22)26-15-13-24(18-35-26)28-20-37-32(39-28)30-23-12-14-25(17-23)40(30)4/h8-11,13,15,18-20,23,25,29-30H,5-7,12,14,16-17H2,1-4H3,(H,36,38)(H,37,39)/t23?,25?,29-,30?/m0/s1. The minimum absolute atomic E-state index is 0.112. The molecule has 9 heteroatoms. The van der Waals surface area contributed by atoms with Crippen LogP contribution in [0.15, 0.2) is 55.0 Å². The second kappa shape index (κ2) is 10.9. The van der Waals surface area contributed by atoms with E-state index in [4.69, 9.17) is 14.7 Å². The zero-order chi connectivity index (χ0) is 29.7. The number of imidazole rings is 2. The van der Waals surface area contributed by atoms with Crippen LogP contribution in [0.1, 0.15) is 83.0 Å². The molecule has 3 fully saturated rings. The molecular formula is C34H41N7O2. The number of nitrogens with zero attached hydrogens (tertiary/aromatic N) is 5. The number of pyridine rings is 1. The molecule has 0 spiro atoms. The number of aromatic nitrogens is 5. The van der Waals surface area contributed by atoms with Crippen LogP contribution < -0.4 is 0 Å². The Bertz CT molecular complexity index is 1580. The second-order valence-corrected chi connectivity index (χ2v) is 13.4. The van der Waals surface area contributed by atoms with Crippen LogP contribution in [-0.4, -0.2) is 66.0 Å². The lowest BCUT2D eigenvalue weighted by Crippen LogP contribution is -2.42. The van der Waals surface area contributed by atoms with Crippen LogP contribution in [0, 0.1) is 5.92 Å². The number of aromatic amines is 2. The summed E-state index contributed by atoms with van der Waals surface area (Å²) in [6.07, 6.45) is 12.3. The average molecular weight is 580 g/mol. The molecule has 4 aromatic rings. The van der Waals surface area contributed by atoms with Crippen molar-refractivity contribution >= 4 is 6.09 Å². The maximum absolute atomic E-state index is 12.9. The summed E-state index contributed by atoms with van der Waals surface area (Å²) in [5, 5.41) is 0.